The molecule has 0 radical (unpaired) electrons. The second-order valence-corrected chi connectivity index (χ2v) is 13.7. The molecule has 2 heterocycles. The van der Waals surface area contributed by atoms with Crippen molar-refractivity contribution in [3.8, 4) is 16.8 Å². The maximum atomic E-state index is 6.75. The molecule has 0 aliphatic heterocycles. The minimum atomic E-state index is 0.864. The van der Waals surface area contributed by atoms with E-state index in [4.69, 9.17) is 4.42 Å². The molecule has 9 aromatic carbocycles. The Balaban J connectivity index is 1.25. The van der Waals surface area contributed by atoms with Crippen LogP contribution in [0.3, 0.4) is 0 Å². The van der Waals surface area contributed by atoms with Crippen LogP contribution in [0.2, 0.25) is 0 Å². The minimum absolute atomic E-state index is 0.864. The lowest BCUT2D eigenvalue weighted by Crippen LogP contribution is -2.11. The van der Waals surface area contributed by atoms with Crippen molar-refractivity contribution in [2.24, 2.45) is 0 Å². The summed E-state index contributed by atoms with van der Waals surface area (Å²) in [5.41, 5.74) is 10.9. The highest BCUT2D eigenvalue weighted by molar-refractivity contribution is 6.21. The zero-order valence-corrected chi connectivity index (χ0v) is 28.8. The van der Waals surface area contributed by atoms with Gasteiger partial charge in [-0.05, 0) is 76.5 Å². The molecule has 11 aromatic rings. The first kappa shape index (κ1) is 29.6. The van der Waals surface area contributed by atoms with Crippen molar-refractivity contribution >= 4 is 82.4 Å². The first-order chi connectivity index (χ1) is 26.3. The molecule has 53 heavy (non-hydrogen) atoms. The van der Waals surface area contributed by atoms with Gasteiger partial charge in [-0.2, -0.15) is 0 Å². The van der Waals surface area contributed by atoms with Crippen molar-refractivity contribution in [2.45, 2.75) is 0 Å². The fraction of sp³-hybridized carbons (Fsp3) is 0. The quantitative estimate of drug-likeness (QED) is 0.181. The molecule has 0 aliphatic carbocycles. The molecule has 3 heteroatoms. The van der Waals surface area contributed by atoms with E-state index in [9.17, 15) is 0 Å². The number of hydrogen-bond donors (Lipinski definition) is 0. The molecule has 0 saturated heterocycles. The summed E-state index contributed by atoms with van der Waals surface area (Å²) in [5.74, 6) is 0. The lowest BCUT2D eigenvalue weighted by atomic mass is 9.96. The second-order valence-electron chi connectivity index (χ2n) is 13.7. The summed E-state index contributed by atoms with van der Waals surface area (Å²) in [7, 11) is 0. The molecule has 0 N–H and O–H groups in total. The van der Waals surface area contributed by atoms with Crippen molar-refractivity contribution in [1.29, 1.82) is 0 Å². The average Bonchev–Trinajstić information content (AvgIpc) is 3.78. The first-order valence-corrected chi connectivity index (χ1v) is 18.1. The summed E-state index contributed by atoms with van der Waals surface area (Å²) in [6, 6.07) is 69.7. The molecular weight excluding hydrogens is 645 g/mol. The smallest absolute Gasteiger partial charge is 0.143 e. The second kappa shape index (κ2) is 11.7. The highest BCUT2D eigenvalue weighted by atomic mass is 16.3. The van der Waals surface area contributed by atoms with Gasteiger partial charge in [0.25, 0.3) is 0 Å². The molecule has 0 unspecified atom stereocenters. The standard InChI is InChI=1S/C50H32N2O/c1-3-14-33(15-4-1)37-30-31-45(40-21-10-9-20-39(37)40)52(46-24-13-25-48-49(46)43-28-26-34-16-7-8-19-38(34)50(43)53-48)36-27-29-42-41-22-11-12-23-44(41)51(47(42)32-36)35-17-5-2-6-18-35/h1-32H. The zero-order chi connectivity index (χ0) is 34.9. The Hall–Kier alpha value is -7.10. The molecule has 0 saturated carbocycles. The number of rotatable bonds is 5. The van der Waals surface area contributed by atoms with Gasteiger partial charge in [-0.1, -0.05) is 140 Å². The van der Waals surface area contributed by atoms with Gasteiger partial charge in [-0.25, -0.2) is 0 Å². The molecule has 0 fully saturated rings. The molecule has 0 aliphatic rings. The number of fused-ring (bicyclic) bond motifs is 9. The molecule has 0 atom stereocenters. The SMILES string of the molecule is c1ccc(-c2ccc(N(c3ccc4c5ccccc5n(-c5ccccc5)c4c3)c3cccc4oc5c6ccccc6ccc5c34)c3ccccc23)cc1. The number of anilines is 3. The number of hydrogen-bond acceptors (Lipinski definition) is 2. The molecule has 0 spiro atoms. The van der Waals surface area contributed by atoms with E-state index in [1.165, 1.54) is 43.6 Å². The van der Waals surface area contributed by atoms with Gasteiger partial charge in [0.15, 0.2) is 0 Å². The number of para-hydroxylation sites is 2. The molecule has 0 bridgehead atoms. The van der Waals surface area contributed by atoms with Crippen molar-refractivity contribution in [2.75, 3.05) is 4.90 Å². The van der Waals surface area contributed by atoms with Crippen molar-refractivity contribution in [3.05, 3.63) is 194 Å². The van der Waals surface area contributed by atoms with E-state index in [-0.39, 0.29) is 0 Å². The highest BCUT2D eigenvalue weighted by Gasteiger charge is 2.24. The molecular formula is C50H32N2O. The van der Waals surface area contributed by atoms with E-state index in [0.29, 0.717) is 0 Å². The minimum Gasteiger partial charge on any atom is -0.455 e. The monoisotopic (exact) mass is 676 g/mol. The third kappa shape index (κ3) is 4.54. The fourth-order valence-electron chi connectivity index (χ4n) is 8.43. The fourth-order valence-corrected chi connectivity index (χ4v) is 8.43. The van der Waals surface area contributed by atoms with Gasteiger partial charge in [0.05, 0.1) is 27.8 Å². The van der Waals surface area contributed by atoms with Crippen LogP contribution >= 0.6 is 0 Å². The number of nitrogens with zero attached hydrogens (tertiary/aromatic N) is 2. The molecule has 2 aromatic heterocycles. The average molecular weight is 677 g/mol. The van der Waals surface area contributed by atoms with Crippen molar-refractivity contribution in [1.82, 2.24) is 4.57 Å². The van der Waals surface area contributed by atoms with Crippen LogP contribution in [-0.2, 0) is 0 Å². The molecule has 0 amide bonds. The third-order valence-electron chi connectivity index (χ3n) is 10.8. The van der Waals surface area contributed by atoms with E-state index < -0.39 is 0 Å². The zero-order valence-electron chi connectivity index (χ0n) is 28.8. The summed E-state index contributed by atoms with van der Waals surface area (Å²) in [4.78, 5) is 2.44. The normalized spacial score (nSPS) is 11.8. The topological polar surface area (TPSA) is 21.3 Å². The number of aromatic nitrogens is 1. The van der Waals surface area contributed by atoms with Gasteiger partial charge < -0.3 is 13.9 Å². The molecule has 3 nitrogen and oxygen atoms in total. The van der Waals surface area contributed by atoms with Crippen LogP contribution in [0, 0.1) is 0 Å². The van der Waals surface area contributed by atoms with Gasteiger partial charge >= 0.3 is 0 Å². The van der Waals surface area contributed by atoms with Crippen LogP contribution < -0.4 is 4.90 Å². The highest BCUT2D eigenvalue weighted by Crippen LogP contribution is 2.48. The summed E-state index contributed by atoms with van der Waals surface area (Å²) in [5, 5.41) is 9.30. The van der Waals surface area contributed by atoms with Crippen LogP contribution in [0.1, 0.15) is 0 Å². The maximum absolute atomic E-state index is 6.75. The van der Waals surface area contributed by atoms with Crippen LogP contribution in [0.25, 0.3) is 82.1 Å². The number of furan rings is 1. The Bertz CT molecular complexity index is 3170. The summed E-state index contributed by atoms with van der Waals surface area (Å²) < 4.78 is 9.14. The Morgan fingerprint density at radius 3 is 1.94 bits per heavy atom. The summed E-state index contributed by atoms with van der Waals surface area (Å²) in [6.45, 7) is 0. The Morgan fingerprint density at radius 2 is 1.09 bits per heavy atom. The lowest BCUT2D eigenvalue weighted by Gasteiger charge is -2.28. The summed E-state index contributed by atoms with van der Waals surface area (Å²) in [6.07, 6.45) is 0. The van der Waals surface area contributed by atoms with E-state index in [2.05, 4.69) is 204 Å². The summed E-state index contributed by atoms with van der Waals surface area (Å²) >= 11 is 0. The van der Waals surface area contributed by atoms with Gasteiger partial charge in [0, 0.05) is 38.3 Å². The van der Waals surface area contributed by atoms with Crippen molar-refractivity contribution < 1.29 is 4.42 Å². The predicted molar refractivity (Wildman–Crippen MR) is 223 cm³/mol. The third-order valence-corrected chi connectivity index (χ3v) is 10.8. The largest absolute Gasteiger partial charge is 0.455 e. The van der Waals surface area contributed by atoms with Crippen LogP contribution in [0.4, 0.5) is 17.1 Å². The van der Waals surface area contributed by atoms with Crippen LogP contribution in [0.5, 0.6) is 0 Å². The van der Waals surface area contributed by atoms with E-state index >= 15 is 0 Å². The number of benzene rings is 9. The Morgan fingerprint density at radius 1 is 0.415 bits per heavy atom. The first-order valence-electron chi connectivity index (χ1n) is 18.1. The van der Waals surface area contributed by atoms with E-state index in [1.54, 1.807) is 0 Å². The van der Waals surface area contributed by atoms with Crippen LogP contribution in [0.15, 0.2) is 199 Å². The lowest BCUT2D eigenvalue weighted by molar-refractivity contribution is 0.672. The van der Waals surface area contributed by atoms with Crippen LogP contribution in [-0.4, -0.2) is 4.57 Å². The predicted octanol–water partition coefficient (Wildman–Crippen LogP) is 14.1. The van der Waals surface area contributed by atoms with Gasteiger partial charge in [0.1, 0.15) is 11.2 Å². The maximum Gasteiger partial charge on any atom is 0.143 e. The van der Waals surface area contributed by atoms with Crippen molar-refractivity contribution in [3.63, 3.8) is 0 Å². The Labute approximate surface area is 306 Å². The molecule has 248 valence electrons. The molecule has 11 rings (SSSR count). The van der Waals surface area contributed by atoms with Gasteiger partial charge in [-0.15, -0.1) is 0 Å². The van der Waals surface area contributed by atoms with E-state index in [0.717, 1.165) is 55.6 Å². The van der Waals surface area contributed by atoms with Gasteiger partial charge in [0.2, 0.25) is 0 Å². The Kier molecular flexibility index (Phi) is 6.55. The van der Waals surface area contributed by atoms with E-state index in [1.807, 2.05) is 0 Å². The van der Waals surface area contributed by atoms with Gasteiger partial charge in [-0.3, -0.25) is 0 Å².